The molecule has 1 aliphatic rings. The zero-order valence-corrected chi connectivity index (χ0v) is 13.2. The van der Waals surface area contributed by atoms with Gasteiger partial charge in [0.05, 0.1) is 0 Å². The van der Waals surface area contributed by atoms with Crippen LogP contribution in [0.15, 0.2) is 18.2 Å². The Labute approximate surface area is 127 Å². The number of rotatable bonds is 7. The Morgan fingerprint density at radius 3 is 2.95 bits per heavy atom. The molecule has 116 valence electrons. The first-order valence-corrected chi connectivity index (χ1v) is 8.08. The molecule has 0 aromatic heterocycles. The molecule has 0 unspecified atom stereocenters. The zero-order valence-electron chi connectivity index (χ0n) is 13.2. The number of carbonyl (C=O) groups is 1. The third-order valence-corrected chi connectivity index (χ3v) is 4.09. The van der Waals surface area contributed by atoms with E-state index in [-0.39, 0.29) is 5.91 Å². The summed E-state index contributed by atoms with van der Waals surface area (Å²) in [5.74, 6) is 0.0706. The number of likely N-dealkylation sites (N-methyl/N-ethyl adjacent to an activating group) is 1. The molecule has 2 rings (SSSR count). The van der Waals surface area contributed by atoms with E-state index >= 15 is 0 Å². The second-order valence-electron chi connectivity index (χ2n) is 5.56. The van der Waals surface area contributed by atoms with Gasteiger partial charge in [-0.15, -0.1) is 0 Å². The highest BCUT2D eigenvalue weighted by Gasteiger charge is 2.16. The fraction of sp³-hybridized carbons (Fsp3) is 0.588. The number of hydrogen-bond donors (Lipinski definition) is 2. The molecule has 0 bridgehead atoms. The highest BCUT2D eigenvalue weighted by atomic mass is 16.1. The predicted molar refractivity (Wildman–Crippen MR) is 86.6 cm³/mol. The summed E-state index contributed by atoms with van der Waals surface area (Å²) in [6.45, 7) is 9.95. The summed E-state index contributed by atoms with van der Waals surface area (Å²) >= 11 is 0. The van der Waals surface area contributed by atoms with Gasteiger partial charge < -0.3 is 15.5 Å². The minimum Gasteiger partial charge on any atom is -0.351 e. The van der Waals surface area contributed by atoms with E-state index < -0.39 is 0 Å². The maximum Gasteiger partial charge on any atom is 0.251 e. The Morgan fingerprint density at radius 1 is 1.33 bits per heavy atom. The molecule has 1 aromatic carbocycles. The molecule has 4 heteroatoms. The lowest BCUT2D eigenvalue weighted by molar-refractivity contribution is 0.0947. The summed E-state index contributed by atoms with van der Waals surface area (Å²) in [7, 11) is 0. The van der Waals surface area contributed by atoms with Crippen LogP contribution in [0.1, 0.15) is 41.8 Å². The lowest BCUT2D eigenvalue weighted by Crippen LogP contribution is -2.36. The van der Waals surface area contributed by atoms with Gasteiger partial charge in [-0.2, -0.15) is 0 Å². The van der Waals surface area contributed by atoms with Crippen molar-refractivity contribution in [3.8, 4) is 0 Å². The zero-order chi connectivity index (χ0) is 15.1. The Balaban J connectivity index is 1.92. The van der Waals surface area contributed by atoms with Crippen molar-refractivity contribution in [2.24, 2.45) is 0 Å². The minimum absolute atomic E-state index is 0.0706. The molecule has 1 aromatic rings. The number of nitrogens with one attached hydrogen (secondary N) is 2. The van der Waals surface area contributed by atoms with Gasteiger partial charge in [0.2, 0.25) is 0 Å². The van der Waals surface area contributed by atoms with Gasteiger partial charge in [0, 0.05) is 25.2 Å². The molecule has 0 saturated heterocycles. The Morgan fingerprint density at radius 2 is 2.19 bits per heavy atom. The quantitative estimate of drug-likeness (QED) is 0.804. The number of amides is 1. The molecule has 2 N–H and O–H groups in total. The summed E-state index contributed by atoms with van der Waals surface area (Å²) in [6, 6.07) is 6.04. The van der Waals surface area contributed by atoms with Crippen molar-refractivity contribution in [3.05, 3.63) is 34.9 Å². The molecule has 0 atom stereocenters. The maximum atomic E-state index is 12.4. The summed E-state index contributed by atoms with van der Waals surface area (Å²) in [5, 5.41) is 6.42. The van der Waals surface area contributed by atoms with E-state index in [1.807, 2.05) is 12.1 Å². The van der Waals surface area contributed by atoms with E-state index in [9.17, 15) is 4.79 Å². The first-order chi connectivity index (χ1) is 10.3. The summed E-state index contributed by atoms with van der Waals surface area (Å²) in [5.41, 5.74) is 3.33. The normalized spacial score (nSPS) is 14.0. The number of carbonyl (C=O) groups excluding carboxylic acids is 1. The van der Waals surface area contributed by atoms with Gasteiger partial charge in [0.25, 0.3) is 5.91 Å². The molecule has 1 heterocycles. The highest BCUT2D eigenvalue weighted by molar-refractivity contribution is 5.96. The minimum atomic E-state index is 0.0706. The SMILES string of the molecule is CCCN(CC)CCNC(=O)c1cccc2c1CCNC2. The molecular formula is C17H27N3O. The van der Waals surface area contributed by atoms with Crippen LogP contribution in [-0.2, 0) is 13.0 Å². The van der Waals surface area contributed by atoms with Gasteiger partial charge in [-0.1, -0.05) is 26.0 Å². The van der Waals surface area contributed by atoms with Gasteiger partial charge in [-0.3, -0.25) is 4.79 Å². The molecule has 0 saturated carbocycles. The van der Waals surface area contributed by atoms with Crippen molar-refractivity contribution in [1.29, 1.82) is 0 Å². The van der Waals surface area contributed by atoms with Crippen LogP contribution < -0.4 is 10.6 Å². The van der Waals surface area contributed by atoms with Gasteiger partial charge in [-0.25, -0.2) is 0 Å². The Bertz CT molecular complexity index is 473. The van der Waals surface area contributed by atoms with Crippen LogP contribution in [0.5, 0.6) is 0 Å². The lowest BCUT2D eigenvalue weighted by Gasteiger charge is -2.21. The molecule has 0 fully saturated rings. The van der Waals surface area contributed by atoms with Crippen molar-refractivity contribution in [2.75, 3.05) is 32.7 Å². The van der Waals surface area contributed by atoms with Crippen LogP contribution in [0.3, 0.4) is 0 Å². The molecule has 4 nitrogen and oxygen atoms in total. The summed E-state index contributed by atoms with van der Waals surface area (Å²) < 4.78 is 0. The number of hydrogen-bond acceptors (Lipinski definition) is 3. The van der Waals surface area contributed by atoms with Crippen LogP contribution in [-0.4, -0.2) is 43.5 Å². The van der Waals surface area contributed by atoms with Gasteiger partial charge in [-0.05, 0) is 49.7 Å². The second-order valence-corrected chi connectivity index (χ2v) is 5.56. The third kappa shape index (κ3) is 4.29. The third-order valence-electron chi connectivity index (χ3n) is 4.09. The number of benzene rings is 1. The van der Waals surface area contributed by atoms with E-state index in [0.717, 1.165) is 51.1 Å². The average molecular weight is 289 g/mol. The van der Waals surface area contributed by atoms with Crippen molar-refractivity contribution < 1.29 is 4.79 Å². The molecule has 0 spiro atoms. The number of fused-ring (bicyclic) bond motifs is 1. The van der Waals surface area contributed by atoms with Crippen molar-refractivity contribution in [1.82, 2.24) is 15.5 Å². The molecule has 1 aliphatic heterocycles. The van der Waals surface area contributed by atoms with Crippen LogP contribution in [0.4, 0.5) is 0 Å². The lowest BCUT2D eigenvalue weighted by atomic mass is 9.95. The largest absolute Gasteiger partial charge is 0.351 e. The van der Waals surface area contributed by atoms with Gasteiger partial charge in [0.1, 0.15) is 0 Å². The molecule has 0 radical (unpaired) electrons. The highest BCUT2D eigenvalue weighted by Crippen LogP contribution is 2.18. The van der Waals surface area contributed by atoms with Crippen LogP contribution in [0.25, 0.3) is 0 Å². The smallest absolute Gasteiger partial charge is 0.251 e. The average Bonchev–Trinajstić information content (AvgIpc) is 2.53. The fourth-order valence-electron chi connectivity index (χ4n) is 2.91. The van der Waals surface area contributed by atoms with E-state index in [4.69, 9.17) is 0 Å². The van der Waals surface area contributed by atoms with E-state index in [1.165, 1.54) is 11.1 Å². The van der Waals surface area contributed by atoms with Crippen LogP contribution >= 0.6 is 0 Å². The van der Waals surface area contributed by atoms with E-state index in [1.54, 1.807) is 0 Å². The Kier molecular flexibility index (Phi) is 6.21. The van der Waals surface area contributed by atoms with Gasteiger partial charge >= 0.3 is 0 Å². The van der Waals surface area contributed by atoms with E-state index in [2.05, 4.69) is 35.4 Å². The number of nitrogens with zero attached hydrogens (tertiary/aromatic N) is 1. The topological polar surface area (TPSA) is 44.4 Å². The first-order valence-electron chi connectivity index (χ1n) is 8.08. The molecule has 21 heavy (non-hydrogen) atoms. The maximum absolute atomic E-state index is 12.4. The monoisotopic (exact) mass is 289 g/mol. The predicted octanol–water partition coefficient (Wildman–Crippen LogP) is 1.79. The van der Waals surface area contributed by atoms with E-state index in [0.29, 0.717) is 6.54 Å². The van der Waals surface area contributed by atoms with Crippen LogP contribution in [0.2, 0.25) is 0 Å². The summed E-state index contributed by atoms with van der Waals surface area (Å²) in [6.07, 6.45) is 2.09. The molecule has 1 amide bonds. The van der Waals surface area contributed by atoms with Crippen LogP contribution in [0, 0.1) is 0 Å². The molecule has 0 aliphatic carbocycles. The second kappa shape index (κ2) is 8.15. The first kappa shape index (κ1) is 16.0. The fourth-order valence-corrected chi connectivity index (χ4v) is 2.91. The summed E-state index contributed by atoms with van der Waals surface area (Å²) in [4.78, 5) is 14.8. The standard InChI is InChI=1S/C17H27N3O/c1-3-11-20(4-2)12-10-19-17(21)16-7-5-6-14-13-18-9-8-15(14)16/h5-7,18H,3-4,8-13H2,1-2H3,(H,19,21). The van der Waals surface area contributed by atoms with Gasteiger partial charge in [0.15, 0.2) is 0 Å². The molecular weight excluding hydrogens is 262 g/mol. The van der Waals surface area contributed by atoms with Crippen molar-refractivity contribution >= 4 is 5.91 Å². The van der Waals surface area contributed by atoms with Crippen molar-refractivity contribution in [3.63, 3.8) is 0 Å². The van der Waals surface area contributed by atoms with Crippen molar-refractivity contribution in [2.45, 2.75) is 33.2 Å². The Hall–Kier alpha value is -1.39.